The summed E-state index contributed by atoms with van der Waals surface area (Å²) in [5.41, 5.74) is 8.50. The van der Waals surface area contributed by atoms with Crippen LogP contribution in [0.2, 0.25) is 0 Å². The normalized spacial score (nSPS) is 23.2. The number of piperidine rings is 1. The quantitative estimate of drug-likeness (QED) is 0.929. The molecule has 2 N–H and O–H groups in total. The van der Waals surface area contributed by atoms with Crippen molar-refractivity contribution in [3.63, 3.8) is 0 Å². The second-order valence-corrected chi connectivity index (χ2v) is 5.85. The average molecular weight is 299 g/mol. The van der Waals surface area contributed by atoms with E-state index in [1.54, 1.807) is 0 Å². The number of ether oxygens (including phenoxy) is 1. The molecule has 20 heavy (non-hydrogen) atoms. The van der Waals surface area contributed by atoms with Gasteiger partial charge in [-0.15, -0.1) is 12.4 Å². The molecule has 1 heterocycles. The van der Waals surface area contributed by atoms with E-state index in [0.29, 0.717) is 12.0 Å². The van der Waals surface area contributed by atoms with Gasteiger partial charge in [0.25, 0.3) is 0 Å². The summed E-state index contributed by atoms with van der Waals surface area (Å²) in [5, 5.41) is 0. The number of aryl methyl sites for hydroxylation is 2. The number of nitrogens with two attached hydrogens (primary N) is 1. The molecule has 0 amide bonds. The van der Waals surface area contributed by atoms with Crippen LogP contribution in [-0.2, 0) is 0 Å². The van der Waals surface area contributed by atoms with Crippen LogP contribution in [-0.4, -0.2) is 37.2 Å². The largest absolute Gasteiger partial charge is 0.492 e. The van der Waals surface area contributed by atoms with E-state index in [1.807, 2.05) is 0 Å². The highest BCUT2D eigenvalue weighted by Gasteiger charge is 2.22. The number of likely N-dealkylation sites (tertiary alicyclic amines) is 1. The number of hydrogen-bond acceptors (Lipinski definition) is 3. The van der Waals surface area contributed by atoms with E-state index >= 15 is 0 Å². The molecule has 0 aliphatic carbocycles. The van der Waals surface area contributed by atoms with Crippen molar-refractivity contribution >= 4 is 12.4 Å². The van der Waals surface area contributed by atoms with E-state index in [9.17, 15) is 0 Å². The average Bonchev–Trinajstić information content (AvgIpc) is 2.38. The van der Waals surface area contributed by atoms with Crippen molar-refractivity contribution in [1.29, 1.82) is 0 Å². The Hall–Kier alpha value is -0.770. The lowest BCUT2D eigenvalue weighted by Gasteiger charge is -2.34. The van der Waals surface area contributed by atoms with Crippen molar-refractivity contribution in [2.45, 2.75) is 33.2 Å². The van der Waals surface area contributed by atoms with Crippen molar-refractivity contribution in [3.8, 4) is 5.75 Å². The molecule has 4 heteroatoms. The standard InChI is InChI=1S/C16H26N2O.ClH/c1-12-4-5-13(2)16(10-12)19-9-8-18-7-6-15(17)14(3)11-18;/h4-5,10,14-15H,6-9,11,17H2,1-3H3;1H. The number of benzene rings is 1. The second-order valence-electron chi connectivity index (χ2n) is 5.85. The fourth-order valence-electron chi connectivity index (χ4n) is 2.60. The summed E-state index contributed by atoms with van der Waals surface area (Å²) in [4.78, 5) is 2.46. The molecule has 2 rings (SSSR count). The zero-order chi connectivity index (χ0) is 13.8. The third kappa shape index (κ3) is 4.65. The number of nitrogens with zero attached hydrogens (tertiary/aromatic N) is 1. The molecule has 1 aromatic carbocycles. The maximum absolute atomic E-state index is 6.04. The zero-order valence-corrected chi connectivity index (χ0v) is 13.6. The minimum absolute atomic E-state index is 0. The summed E-state index contributed by atoms with van der Waals surface area (Å²) < 4.78 is 5.91. The predicted molar refractivity (Wildman–Crippen MR) is 86.9 cm³/mol. The van der Waals surface area contributed by atoms with Gasteiger partial charge in [0.2, 0.25) is 0 Å². The van der Waals surface area contributed by atoms with Crippen molar-refractivity contribution in [1.82, 2.24) is 4.90 Å². The van der Waals surface area contributed by atoms with E-state index in [1.165, 1.54) is 11.1 Å². The monoisotopic (exact) mass is 298 g/mol. The van der Waals surface area contributed by atoms with Crippen LogP contribution in [0.4, 0.5) is 0 Å². The lowest BCUT2D eigenvalue weighted by molar-refractivity contribution is 0.139. The molecule has 0 aromatic heterocycles. The lowest BCUT2D eigenvalue weighted by atomic mass is 9.95. The van der Waals surface area contributed by atoms with Gasteiger partial charge in [0.1, 0.15) is 12.4 Å². The molecule has 0 radical (unpaired) electrons. The van der Waals surface area contributed by atoms with Gasteiger partial charge in [-0.1, -0.05) is 19.1 Å². The van der Waals surface area contributed by atoms with E-state index < -0.39 is 0 Å². The van der Waals surface area contributed by atoms with Crippen LogP contribution >= 0.6 is 12.4 Å². The first-order valence-corrected chi connectivity index (χ1v) is 7.24. The topological polar surface area (TPSA) is 38.5 Å². The molecule has 1 saturated heterocycles. The summed E-state index contributed by atoms with van der Waals surface area (Å²) >= 11 is 0. The molecule has 2 unspecified atom stereocenters. The zero-order valence-electron chi connectivity index (χ0n) is 12.8. The maximum atomic E-state index is 6.04. The molecular weight excluding hydrogens is 272 g/mol. The molecule has 1 aliphatic heterocycles. The van der Waals surface area contributed by atoms with E-state index in [2.05, 4.69) is 43.9 Å². The van der Waals surface area contributed by atoms with Crippen LogP contribution in [0.1, 0.15) is 24.5 Å². The van der Waals surface area contributed by atoms with E-state index in [-0.39, 0.29) is 12.4 Å². The van der Waals surface area contributed by atoms with Gasteiger partial charge in [0.15, 0.2) is 0 Å². The minimum Gasteiger partial charge on any atom is -0.492 e. The van der Waals surface area contributed by atoms with Crippen molar-refractivity contribution in [3.05, 3.63) is 29.3 Å². The van der Waals surface area contributed by atoms with Gasteiger partial charge in [-0.2, -0.15) is 0 Å². The molecule has 0 spiro atoms. The van der Waals surface area contributed by atoms with Crippen LogP contribution in [0, 0.1) is 19.8 Å². The highest BCUT2D eigenvalue weighted by molar-refractivity contribution is 5.85. The van der Waals surface area contributed by atoms with Crippen LogP contribution < -0.4 is 10.5 Å². The van der Waals surface area contributed by atoms with E-state index in [0.717, 1.165) is 38.4 Å². The van der Waals surface area contributed by atoms with Crippen molar-refractivity contribution in [2.75, 3.05) is 26.2 Å². The molecule has 1 aliphatic rings. The van der Waals surface area contributed by atoms with Crippen LogP contribution in [0.3, 0.4) is 0 Å². The second kappa shape index (κ2) is 7.87. The fraction of sp³-hybridized carbons (Fsp3) is 0.625. The SMILES string of the molecule is Cc1ccc(C)c(OCCN2CCC(N)C(C)C2)c1.Cl. The Morgan fingerprint density at radius 2 is 2.10 bits per heavy atom. The summed E-state index contributed by atoms with van der Waals surface area (Å²) in [5.74, 6) is 1.61. The Balaban J connectivity index is 0.00000200. The van der Waals surface area contributed by atoms with Crippen LogP contribution in [0.25, 0.3) is 0 Å². The smallest absolute Gasteiger partial charge is 0.122 e. The van der Waals surface area contributed by atoms with Crippen molar-refractivity contribution < 1.29 is 4.74 Å². The molecular formula is C16H27ClN2O. The Morgan fingerprint density at radius 1 is 1.35 bits per heavy atom. The number of hydrogen-bond donors (Lipinski definition) is 1. The third-order valence-electron chi connectivity index (χ3n) is 4.06. The summed E-state index contributed by atoms with van der Waals surface area (Å²) in [6.45, 7) is 10.4. The Labute approximate surface area is 128 Å². The van der Waals surface area contributed by atoms with Gasteiger partial charge in [0, 0.05) is 19.1 Å². The minimum atomic E-state index is 0. The highest BCUT2D eigenvalue weighted by Crippen LogP contribution is 2.19. The maximum Gasteiger partial charge on any atom is 0.122 e. The fourth-order valence-corrected chi connectivity index (χ4v) is 2.60. The molecule has 114 valence electrons. The Bertz CT molecular complexity index is 425. The lowest BCUT2D eigenvalue weighted by Crippen LogP contribution is -2.46. The molecule has 3 nitrogen and oxygen atoms in total. The number of rotatable bonds is 4. The third-order valence-corrected chi connectivity index (χ3v) is 4.06. The first-order valence-electron chi connectivity index (χ1n) is 7.24. The Kier molecular flexibility index (Phi) is 6.80. The Morgan fingerprint density at radius 3 is 2.80 bits per heavy atom. The van der Waals surface area contributed by atoms with Crippen molar-refractivity contribution in [2.24, 2.45) is 11.7 Å². The van der Waals surface area contributed by atoms with Gasteiger partial charge < -0.3 is 10.5 Å². The number of halogens is 1. The molecule has 1 aromatic rings. The molecule has 1 fully saturated rings. The first-order chi connectivity index (χ1) is 9.06. The van der Waals surface area contributed by atoms with Crippen LogP contribution in [0.5, 0.6) is 5.75 Å². The highest BCUT2D eigenvalue weighted by atomic mass is 35.5. The predicted octanol–water partition coefficient (Wildman–Crippen LogP) is 2.77. The molecule has 2 atom stereocenters. The first kappa shape index (κ1) is 17.3. The molecule has 0 saturated carbocycles. The summed E-state index contributed by atoms with van der Waals surface area (Å²) in [6, 6.07) is 6.73. The summed E-state index contributed by atoms with van der Waals surface area (Å²) in [7, 11) is 0. The van der Waals surface area contributed by atoms with E-state index in [4.69, 9.17) is 10.5 Å². The van der Waals surface area contributed by atoms with Gasteiger partial charge in [-0.05, 0) is 49.9 Å². The van der Waals surface area contributed by atoms with Gasteiger partial charge in [-0.3, -0.25) is 4.90 Å². The molecule has 0 bridgehead atoms. The van der Waals surface area contributed by atoms with Gasteiger partial charge in [0.05, 0.1) is 0 Å². The van der Waals surface area contributed by atoms with Gasteiger partial charge >= 0.3 is 0 Å². The van der Waals surface area contributed by atoms with Gasteiger partial charge in [-0.25, -0.2) is 0 Å². The van der Waals surface area contributed by atoms with Crippen LogP contribution in [0.15, 0.2) is 18.2 Å². The summed E-state index contributed by atoms with van der Waals surface area (Å²) in [6.07, 6.45) is 1.10.